The Bertz CT molecular complexity index is 562. The van der Waals surface area contributed by atoms with Gasteiger partial charge in [0.1, 0.15) is 4.49 Å². The van der Waals surface area contributed by atoms with E-state index in [2.05, 4.69) is 6.58 Å². The Labute approximate surface area is 117 Å². The molecule has 2 rings (SSSR count). The Balaban J connectivity index is 2.50. The SMILES string of the molecule is C=Cc1ccc(C(=C(Cl)Cl)c2ccccc2)cc1. The van der Waals surface area contributed by atoms with E-state index in [1.165, 1.54) is 0 Å². The highest BCUT2D eigenvalue weighted by atomic mass is 35.5. The summed E-state index contributed by atoms with van der Waals surface area (Å²) in [5, 5.41) is 0. The van der Waals surface area contributed by atoms with Crippen LogP contribution in [0.25, 0.3) is 11.6 Å². The normalized spacial score (nSPS) is 9.89. The van der Waals surface area contributed by atoms with Crippen molar-refractivity contribution in [2.45, 2.75) is 0 Å². The minimum Gasteiger partial charge on any atom is -0.0985 e. The summed E-state index contributed by atoms with van der Waals surface area (Å²) < 4.78 is 0.271. The van der Waals surface area contributed by atoms with Gasteiger partial charge in [0.15, 0.2) is 0 Å². The molecule has 0 fully saturated rings. The zero-order valence-corrected chi connectivity index (χ0v) is 11.2. The maximum Gasteiger partial charge on any atom is 0.115 e. The van der Waals surface area contributed by atoms with Crippen molar-refractivity contribution in [2.24, 2.45) is 0 Å². The van der Waals surface area contributed by atoms with Crippen molar-refractivity contribution >= 4 is 34.9 Å². The summed E-state index contributed by atoms with van der Waals surface area (Å²) in [6.07, 6.45) is 1.80. The molecule has 0 aliphatic heterocycles. The second kappa shape index (κ2) is 5.90. The third-order valence-corrected chi connectivity index (χ3v) is 3.06. The Kier molecular flexibility index (Phi) is 4.24. The van der Waals surface area contributed by atoms with Crippen molar-refractivity contribution < 1.29 is 0 Å². The Hall–Kier alpha value is -1.50. The minimum atomic E-state index is 0.271. The molecular formula is C16H12Cl2. The fraction of sp³-hybridized carbons (Fsp3) is 0. The molecule has 0 N–H and O–H groups in total. The second-order valence-corrected chi connectivity index (χ2v) is 4.78. The Morgan fingerprint density at radius 2 is 1.39 bits per heavy atom. The summed E-state index contributed by atoms with van der Waals surface area (Å²) in [5.41, 5.74) is 3.90. The summed E-state index contributed by atoms with van der Waals surface area (Å²) >= 11 is 12.0. The molecule has 0 bridgehead atoms. The van der Waals surface area contributed by atoms with E-state index in [4.69, 9.17) is 23.2 Å². The number of benzene rings is 2. The molecule has 2 heteroatoms. The molecule has 0 atom stereocenters. The van der Waals surface area contributed by atoms with Crippen LogP contribution in [0.3, 0.4) is 0 Å². The van der Waals surface area contributed by atoms with Gasteiger partial charge >= 0.3 is 0 Å². The zero-order chi connectivity index (χ0) is 13.0. The average molecular weight is 275 g/mol. The van der Waals surface area contributed by atoms with Gasteiger partial charge in [0.05, 0.1) is 0 Å². The van der Waals surface area contributed by atoms with Crippen LogP contribution >= 0.6 is 23.2 Å². The van der Waals surface area contributed by atoms with Crippen LogP contribution in [0, 0.1) is 0 Å². The lowest BCUT2D eigenvalue weighted by molar-refractivity contribution is 1.54. The van der Waals surface area contributed by atoms with Crippen LogP contribution < -0.4 is 0 Å². The fourth-order valence-corrected chi connectivity index (χ4v) is 2.21. The lowest BCUT2D eigenvalue weighted by Crippen LogP contribution is -1.88. The zero-order valence-electron chi connectivity index (χ0n) is 9.74. The highest BCUT2D eigenvalue weighted by Crippen LogP contribution is 2.31. The number of hydrogen-bond acceptors (Lipinski definition) is 0. The van der Waals surface area contributed by atoms with Crippen molar-refractivity contribution in [3.63, 3.8) is 0 Å². The molecule has 0 aromatic heterocycles. The number of hydrogen-bond donors (Lipinski definition) is 0. The van der Waals surface area contributed by atoms with Crippen LogP contribution in [0.15, 0.2) is 65.7 Å². The highest BCUT2D eigenvalue weighted by Gasteiger charge is 2.08. The first-order valence-electron chi connectivity index (χ1n) is 5.56. The van der Waals surface area contributed by atoms with E-state index in [1.807, 2.05) is 54.6 Å². The molecule has 0 amide bonds. The third kappa shape index (κ3) is 2.84. The van der Waals surface area contributed by atoms with Crippen LogP contribution in [0.5, 0.6) is 0 Å². The summed E-state index contributed by atoms with van der Waals surface area (Å²) in [4.78, 5) is 0. The molecule has 0 heterocycles. The molecule has 2 aromatic rings. The van der Waals surface area contributed by atoms with E-state index in [0.29, 0.717) is 0 Å². The van der Waals surface area contributed by atoms with Crippen molar-refractivity contribution in [3.8, 4) is 0 Å². The van der Waals surface area contributed by atoms with Gasteiger partial charge in [-0.1, -0.05) is 90.5 Å². The summed E-state index contributed by atoms with van der Waals surface area (Å²) in [6, 6.07) is 17.8. The Morgan fingerprint density at radius 1 is 0.833 bits per heavy atom. The van der Waals surface area contributed by atoms with Crippen molar-refractivity contribution in [1.82, 2.24) is 0 Å². The molecule has 90 valence electrons. The average Bonchev–Trinajstić information content (AvgIpc) is 2.40. The molecule has 0 spiro atoms. The molecule has 0 saturated carbocycles. The van der Waals surface area contributed by atoms with Gasteiger partial charge in [0.2, 0.25) is 0 Å². The van der Waals surface area contributed by atoms with Crippen LogP contribution in [0.1, 0.15) is 16.7 Å². The largest absolute Gasteiger partial charge is 0.115 e. The second-order valence-electron chi connectivity index (χ2n) is 3.83. The highest BCUT2D eigenvalue weighted by molar-refractivity contribution is 6.59. The molecule has 0 nitrogen and oxygen atoms in total. The van der Waals surface area contributed by atoms with E-state index in [-0.39, 0.29) is 4.49 Å². The van der Waals surface area contributed by atoms with Crippen molar-refractivity contribution in [3.05, 3.63) is 82.4 Å². The van der Waals surface area contributed by atoms with Gasteiger partial charge in [-0.2, -0.15) is 0 Å². The predicted molar refractivity (Wildman–Crippen MR) is 80.7 cm³/mol. The monoisotopic (exact) mass is 274 g/mol. The lowest BCUT2D eigenvalue weighted by Gasteiger charge is -2.09. The minimum absolute atomic E-state index is 0.271. The molecular weight excluding hydrogens is 263 g/mol. The number of halogens is 2. The van der Waals surface area contributed by atoms with Gasteiger partial charge in [0, 0.05) is 5.57 Å². The van der Waals surface area contributed by atoms with E-state index in [9.17, 15) is 0 Å². The fourth-order valence-electron chi connectivity index (χ4n) is 1.78. The summed E-state index contributed by atoms with van der Waals surface area (Å²) in [5.74, 6) is 0. The van der Waals surface area contributed by atoms with Crippen LogP contribution in [0.4, 0.5) is 0 Å². The van der Waals surface area contributed by atoms with Crippen molar-refractivity contribution in [2.75, 3.05) is 0 Å². The van der Waals surface area contributed by atoms with E-state index < -0.39 is 0 Å². The standard InChI is InChI=1S/C16H12Cl2/c1-2-12-8-10-14(11-9-12)15(16(17)18)13-6-4-3-5-7-13/h2-11H,1H2. The van der Waals surface area contributed by atoms with E-state index in [1.54, 1.807) is 6.08 Å². The quantitative estimate of drug-likeness (QED) is 0.691. The number of rotatable bonds is 3. The maximum atomic E-state index is 6.01. The maximum absolute atomic E-state index is 6.01. The van der Waals surface area contributed by atoms with Gasteiger partial charge in [-0.15, -0.1) is 0 Å². The van der Waals surface area contributed by atoms with Gasteiger partial charge in [-0.25, -0.2) is 0 Å². The first kappa shape index (κ1) is 12.9. The first-order valence-corrected chi connectivity index (χ1v) is 6.31. The topological polar surface area (TPSA) is 0 Å². The van der Waals surface area contributed by atoms with Crippen molar-refractivity contribution in [1.29, 1.82) is 0 Å². The van der Waals surface area contributed by atoms with Gasteiger partial charge in [-0.05, 0) is 16.7 Å². The van der Waals surface area contributed by atoms with Gasteiger partial charge in [-0.3, -0.25) is 0 Å². The van der Waals surface area contributed by atoms with Crippen LogP contribution in [-0.2, 0) is 0 Å². The van der Waals surface area contributed by atoms with E-state index >= 15 is 0 Å². The third-order valence-electron chi connectivity index (χ3n) is 2.69. The first-order chi connectivity index (χ1) is 8.72. The molecule has 0 unspecified atom stereocenters. The lowest BCUT2D eigenvalue weighted by atomic mass is 9.98. The summed E-state index contributed by atoms with van der Waals surface area (Å²) in [7, 11) is 0. The molecule has 0 aliphatic carbocycles. The van der Waals surface area contributed by atoms with Crippen LogP contribution in [-0.4, -0.2) is 0 Å². The van der Waals surface area contributed by atoms with Crippen LogP contribution in [0.2, 0.25) is 0 Å². The molecule has 2 aromatic carbocycles. The molecule has 0 saturated heterocycles. The van der Waals surface area contributed by atoms with E-state index in [0.717, 1.165) is 22.3 Å². The molecule has 0 radical (unpaired) electrons. The predicted octanol–water partition coefficient (Wildman–Crippen LogP) is 5.52. The molecule has 0 aliphatic rings. The Morgan fingerprint density at radius 3 is 1.89 bits per heavy atom. The van der Waals surface area contributed by atoms with Gasteiger partial charge in [0.25, 0.3) is 0 Å². The van der Waals surface area contributed by atoms with Gasteiger partial charge < -0.3 is 0 Å². The smallest absolute Gasteiger partial charge is 0.0985 e. The summed E-state index contributed by atoms with van der Waals surface area (Å²) in [6.45, 7) is 3.73. The molecule has 18 heavy (non-hydrogen) atoms.